The lowest BCUT2D eigenvalue weighted by Gasteiger charge is -2.37. The van der Waals surface area contributed by atoms with E-state index >= 15 is 0 Å². The van der Waals surface area contributed by atoms with Crippen LogP contribution in [0, 0.1) is 0 Å². The molecule has 0 saturated carbocycles. The van der Waals surface area contributed by atoms with Crippen LogP contribution in [-0.2, 0) is 16.0 Å². The van der Waals surface area contributed by atoms with Crippen molar-refractivity contribution in [1.82, 2.24) is 34.2 Å². The number of carbonyl (C=O) groups is 2. The Kier molecular flexibility index (Phi) is 8.15. The van der Waals surface area contributed by atoms with E-state index in [1.54, 1.807) is 35.1 Å². The summed E-state index contributed by atoms with van der Waals surface area (Å²) in [5.74, 6) is -0.456. The van der Waals surface area contributed by atoms with Crippen LogP contribution in [0.4, 0.5) is 18.0 Å². The first-order chi connectivity index (χ1) is 20.7. The van der Waals surface area contributed by atoms with Gasteiger partial charge in [-0.25, -0.2) is 14.3 Å². The number of rotatable bonds is 7. The first-order valence-corrected chi connectivity index (χ1v) is 14.4. The molecule has 2 aliphatic heterocycles. The van der Waals surface area contributed by atoms with E-state index in [9.17, 15) is 22.8 Å². The average molecular weight is 596 g/mol. The van der Waals surface area contributed by atoms with E-state index in [0.717, 1.165) is 29.5 Å². The topological polar surface area (TPSA) is 97.9 Å². The Bertz CT molecular complexity index is 1600. The highest BCUT2D eigenvalue weighted by atomic mass is 19.4. The summed E-state index contributed by atoms with van der Waals surface area (Å²) in [7, 11) is 0. The number of hydrogen-bond donors (Lipinski definition) is 0. The highest BCUT2D eigenvalue weighted by molar-refractivity contribution is 5.81. The number of nitrogens with zero attached hydrogens (tertiary/aromatic N) is 7. The number of imidazole rings is 1. The molecule has 5 heterocycles. The predicted octanol–water partition coefficient (Wildman–Crippen LogP) is 4.80. The maximum Gasteiger partial charge on any atom is 0.389 e. The summed E-state index contributed by atoms with van der Waals surface area (Å²) < 4.78 is 46.5. The van der Waals surface area contributed by atoms with Crippen molar-refractivity contribution in [3.05, 3.63) is 60.7 Å². The lowest BCUT2D eigenvalue weighted by molar-refractivity contribution is -0.143. The second kappa shape index (κ2) is 12.2. The summed E-state index contributed by atoms with van der Waals surface area (Å²) >= 11 is 0. The third kappa shape index (κ3) is 6.71. The number of fused-ring (bicyclic) bond motifs is 1. The van der Waals surface area contributed by atoms with E-state index in [1.165, 1.54) is 0 Å². The fraction of sp³-hybridized carbons (Fsp3) is 0.433. The lowest BCUT2D eigenvalue weighted by Crippen LogP contribution is -2.50. The van der Waals surface area contributed by atoms with Crippen molar-refractivity contribution < 1.29 is 27.5 Å². The van der Waals surface area contributed by atoms with Gasteiger partial charge in [0.2, 0.25) is 0 Å². The molecule has 0 spiro atoms. The number of hydrogen-bond acceptors (Lipinski definition) is 6. The predicted molar refractivity (Wildman–Crippen MR) is 151 cm³/mol. The number of ether oxygens (including phenoxy) is 1. The van der Waals surface area contributed by atoms with Gasteiger partial charge in [-0.1, -0.05) is 18.2 Å². The van der Waals surface area contributed by atoms with Gasteiger partial charge >= 0.3 is 12.2 Å². The largest absolute Gasteiger partial charge is 0.389 e. The zero-order valence-electron chi connectivity index (χ0n) is 23.5. The molecule has 0 unspecified atom stereocenters. The zero-order valence-corrected chi connectivity index (χ0v) is 23.5. The molecule has 2 fully saturated rings. The minimum atomic E-state index is -4.35. The molecule has 2 amide bonds. The summed E-state index contributed by atoms with van der Waals surface area (Å²) in [5.41, 5.74) is 4.51. The number of urea groups is 1. The first-order valence-electron chi connectivity index (χ1n) is 14.4. The molecular formula is C30H32F3N7O3. The van der Waals surface area contributed by atoms with Crippen LogP contribution in [0.5, 0.6) is 0 Å². The van der Waals surface area contributed by atoms with Gasteiger partial charge < -0.3 is 14.5 Å². The Labute approximate surface area is 246 Å². The zero-order chi connectivity index (χ0) is 30.0. The van der Waals surface area contributed by atoms with Crippen molar-refractivity contribution in [3.63, 3.8) is 0 Å². The van der Waals surface area contributed by atoms with Crippen LogP contribution in [0.25, 0.3) is 28.0 Å². The van der Waals surface area contributed by atoms with Crippen molar-refractivity contribution in [1.29, 1.82) is 0 Å². The van der Waals surface area contributed by atoms with Gasteiger partial charge in [-0.2, -0.15) is 23.4 Å². The minimum Gasteiger partial charge on any atom is -0.378 e. The normalized spacial score (nSPS) is 16.6. The van der Waals surface area contributed by atoms with Crippen molar-refractivity contribution >= 4 is 17.5 Å². The van der Waals surface area contributed by atoms with Gasteiger partial charge in [-0.3, -0.25) is 9.48 Å². The fourth-order valence-electron chi connectivity index (χ4n) is 5.63. The van der Waals surface area contributed by atoms with Crippen LogP contribution in [0.15, 0.2) is 55.1 Å². The third-order valence-corrected chi connectivity index (χ3v) is 8.00. The van der Waals surface area contributed by atoms with E-state index in [2.05, 4.69) is 15.2 Å². The Morgan fingerprint density at radius 1 is 0.907 bits per heavy atom. The fourth-order valence-corrected chi connectivity index (χ4v) is 5.63. The minimum absolute atomic E-state index is 0.0641. The summed E-state index contributed by atoms with van der Waals surface area (Å²) in [4.78, 5) is 33.2. The van der Waals surface area contributed by atoms with E-state index in [-0.39, 0.29) is 18.5 Å². The molecule has 226 valence electrons. The van der Waals surface area contributed by atoms with E-state index in [4.69, 9.17) is 4.74 Å². The standard InChI is InChI=1S/C30H32F3N7O3/c31-30(32,33)7-4-26(41)15-21-2-1-3-22(14-21)27-19-34-28-16-23(17-36-40(27)28)24-18-35-39(20-24)25-5-8-37(9-6-25)29(42)38-10-12-43-13-11-38/h1-3,14,16-20,25H,4-13,15H2. The number of morpholine rings is 1. The second-order valence-corrected chi connectivity index (χ2v) is 11.0. The Morgan fingerprint density at radius 2 is 1.65 bits per heavy atom. The average Bonchev–Trinajstić information content (AvgIpc) is 3.68. The van der Waals surface area contributed by atoms with Crippen molar-refractivity contribution in [2.75, 3.05) is 39.4 Å². The number of Topliss-reactive ketones (excluding diaryl/α,β-unsaturated/α-hetero) is 1. The van der Waals surface area contributed by atoms with Crippen LogP contribution in [-0.4, -0.2) is 91.6 Å². The molecule has 0 aliphatic carbocycles. The molecule has 6 rings (SSSR count). The molecule has 0 bridgehead atoms. The number of ketones is 1. The molecular weight excluding hydrogens is 563 g/mol. The van der Waals surface area contributed by atoms with Gasteiger partial charge in [0.1, 0.15) is 5.78 Å². The third-order valence-electron chi connectivity index (χ3n) is 8.00. The Balaban J connectivity index is 1.10. The molecule has 2 aliphatic rings. The van der Waals surface area contributed by atoms with Gasteiger partial charge in [0.05, 0.1) is 50.0 Å². The maximum atomic E-state index is 12.8. The summed E-state index contributed by atoms with van der Waals surface area (Å²) in [6.45, 7) is 3.82. The number of amides is 2. The first kappa shape index (κ1) is 28.8. The molecule has 1 aromatic carbocycles. The number of likely N-dealkylation sites (tertiary alicyclic amines) is 1. The van der Waals surface area contributed by atoms with Gasteiger partial charge in [0.25, 0.3) is 0 Å². The van der Waals surface area contributed by atoms with Crippen molar-refractivity contribution in [3.8, 4) is 22.4 Å². The molecule has 2 saturated heterocycles. The SMILES string of the molecule is O=C(CCC(F)(F)F)Cc1cccc(-c2cnc3cc(-c4cnn(C5CCN(C(=O)N6CCOCC6)CC5)c4)cnn23)c1. The van der Waals surface area contributed by atoms with Crippen molar-refractivity contribution in [2.24, 2.45) is 0 Å². The van der Waals surface area contributed by atoms with E-state index < -0.39 is 24.8 Å². The van der Waals surface area contributed by atoms with Gasteiger partial charge in [0, 0.05) is 61.9 Å². The highest BCUT2D eigenvalue weighted by Crippen LogP contribution is 2.28. The molecule has 4 aromatic rings. The smallest absolute Gasteiger partial charge is 0.378 e. The highest BCUT2D eigenvalue weighted by Gasteiger charge is 2.29. The Hall–Kier alpha value is -4.26. The molecule has 0 radical (unpaired) electrons. The molecule has 0 atom stereocenters. The quantitative estimate of drug-likeness (QED) is 0.305. The van der Waals surface area contributed by atoms with E-state index in [1.807, 2.05) is 39.0 Å². The van der Waals surface area contributed by atoms with Crippen LogP contribution in [0.1, 0.15) is 37.3 Å². The number of benzene rings is 1. The van der Waals surface area contributed by atoms with Crippen LogP contribution in [0.3, 0.4) is 0 Å². The number of halogens is 3. The monoisotopic (exact) mass is 595 g/mol. The van der Waals surface area contributed by atoms with E-state index in [0.29, 0.717) is 56.3 Å². The van der Waals surface area contributed by atoms with Crippen LogP contribution >= 0.6 is 0 Å². The second-order valence-electron chi connectivity index (χ2n) is 11.0. The number of aromatic nitrogens is 5. The number of alkyl halides is 3. The van der Waals surface area contributed by atoms with Crippen LogP contribution < -0.4 is 0 Å². The molecule has 43 heavy (non-hydrogen) atoms. The molecule has 3 aromatic heterocycles. The number of piperidine rings is 1. The Morgan fingerprint density at radius 3 is 2.42 bits per heavy atom. The van der Waals surface area contributed by atoms with Gasteiger partial charge in [-0.05, 0) is 30.5 Å². The lowest BCUT2D eigenvalue weighted by atomic mass is 10.0. The maximum absolute atomic E-state index is 12.8. The van der Waals surface area contributed by atoms with Crippen LogP contribution in [0.2, 0.25) is 0 Å². The molecule has 0 N–H and O–H groups in total. The molecule has 13 heteroatoms. The summed E-state index contributed by atoms with van der Waals surface area (Å²) in [5, 5.41) is 9.21. The number of carbonyl (C=O) groups excluding carboxylic acids is 2. The molecule has 10 nitrogen and oxygen atoms in total. The van der Waals surface area contributed by atoms with Crippen molar-refractivity contribution in [2.45, 2.75) is 44.3 Å². The summed E-state index contributed by atoms with van der Waals surface area (Å²) in [6.07, 6.45) is 2.83. The van der Waals surface area contributed by atoms with Gasteiger partial charge in [-0.15, -0.1) is 0 Å². The van der Waals surface area contributed by atoms with Gasteiger partial charge in [0.15, 0.2) is 5.65 Å². The summed E-state index contributed by atoms with van der Waals surface area (Å²) in [6, 6.07) is 9.35.